The number of rotatable bonds is 7. The summed E-state index contributed by atoms with van der Waals surface area (Å²) in [5, 5.41) is 5.68. The van der Waals surface area contributed by atoms with Crippen LogP contribution in [0.3, 0.4) is 0 Å². The van der Waals surface area contributed by atoms with Crippen LogP contribution in [0.15, 0.2) is 90.2 Å². The first-order chi connectivity index (χ1) is 20.6. The summed E-state index contributed by atoms with van der Waals surface area (Å²) in [4.78, 5) is 30.2. The second-order valence-corrected chi connectivity index (χ2v) is 12.5. The van der Waals surface area contributed by atoms with E-state index in [0.29, 0.717) is 16.6 Å². The normalized spacial score (nSPS) is 17.5. The number of carbonyl (C=O) groups excluding carboxylic acids is 2. The van der Waals surface area contributed by atoms with Crippen molar-refractivity contribution < 1.29 is 18.0 Å². The first kappa shape index (κ1) is 29.5. The Morgan fingerprint density at radius 2 is 1.84 bits per heavy atom. The van der Waals surface area contributed by atoms with Gasteiger partial charge < -0.3 is 10.6 Å². The van der Waals surface area contributed by atoms with Crippen LogP contribution >= 0.6 is 0 Å². The molecule has 0 bridgehead atoms. The zero-order valence-electron chi connectivity index (χ0n) is 24.3. The number of carbonyl (C=O) groups is 2. The van der Waals surface area contributed by atoms with Gasteiger partial charge >= 0.3 is 0 Å². The highest BCUT2D eigenvalue weighted by Gasteiger charge is 2.19. The maximum atomic E-state index is 12.9. The quantitative estimate of drug-likeness (QED) is 0.276. The molecule has 4 aromatic rings. The molecule has 0 unspecified atom stereocenters. The SMILES string of the molecule is CC1=C/CCC\C(C)=C/C(c2cccc(-c3cc#cc(NC(=O)CNC(=O)c4cn(S(C)(=O)=O)c5ccccc45)n3)c2)=C\1. The molecule has 218 valence electrons. The van der Waals surface area contributed by atoms with E-state index < -0.39 is 21.8 Å². The Bertz CT molecular complexity index is 1920. The predicted octanol–water partition coefficient (Wildman–Crippen LogP) is 5.94. The van der Waals surface area contributed by atoms with E-state index in [1.54, 1.807) is 30.3 Å². The Morgan fingerprint density at radius 3 is 2.65 bits per heavy atom. The summed E-state index contributed by atoms with van der Waals surface area (Å²) in [6.45, 7) is 3.93. The van der Waals surface area contributed by atoms with Gasteiger partial charge in [0.05, 0.1) is 29.6 Å². The number of benzene rings is 2. The molecule has 2 N–H and O–H groups in total. The second kappa shape index (κ2) is 12.5. The molecule has 5 rings (SSSR count). The van der Waals surface area contributed by atoms with Crippen molar-refractivity contribution in [2.75, 3.05) is 18.1 Å². The molecule has 0 spiro atoms. The lowest BCUT2D eigenvalue weighted by Crippen LogP contribution is -2.33. The standard InChI is InChI=1S/C34H32N4O4S/c1-23-10-4-5-11-24(2)19-27(18-23)25-12-8-13-26(20-25)30-15-9-17-32(36-30)37-33(39)21-35-34(40)29-22-38(43(3,41)42)31-16-7-6-14-28(29)31/h6-8,10,12-16,18-20,22H,4-5,11,21H2,1-3H3,(H,35,40)(H,36,37,39)/b23-10-,24-19-,27-18+. The average Bonchev–Trinajstić information content (AvgIpc) is 3.41. The van der Waals surface area contributed by atoms with Crippen LogP contribution in [-0.4, -0.2) is 42.0 Å². The Balaban J connectivity index is 1.30. The number of anilines is 1. The maximum absolute atomic E-state index is 12.9. The van der Waals surface area contributed by atoms with Crippen molar-refractivity contribution in [3.05, 3.63) is 113 Å². The number of nitrogens with one attached hydrogen (secondary N) is 2. The highest BCUT2D eigenvalue weighted by atomic mass is 32.2. The lowest BCUT2D eigenvalue weighted by molar-refractivity contribution is -0.115. The summed E-state index contributed by atoms with van der Waals surface area (Å²) in [6, 6.07) is 22.2. The number of nitrogens with zero attached hydrogens (tertiary/aromatic N) is 2. The number of hydrogen-bond acceptors (Lipinski definition) is 5. The van der Waals surface area contributed by atoms with Crippen molar-refractivity contribution in [1.29, 1.82) is 0 Å². The monoisotopic (exact) mass is 592 g/mol. The van der Waals surface area contributed by atoms with Crippen molar-refractivity contribution in [2.45, 2.75) is 33.1 Å². The fourth-order valence-corrected chi connectivity index (χ4v) is 5.83. The van der Waals surface area contributed by atoms with Crippen LogP contribution in [0, 0.1) is 12.1 Å². The van der Waals surface area contributed by atoms with E-state index in [2.05, 4.69) is 72.0 Å². The van der Waals surface area contributed by atoms with Gasteiger partial charge in [-0.05, 0) is 62.4 Å². The second-order valence-electron chi connectivity index (χ2n) is 10.6. The molecule has 2 amide bonds. The molecule has 2 aromatic carbocycles. The Morgan fingerprint density at radius 1 is 1.05 bits per heavy atom. The van der Waals surface area contributed by atoms with Gasteiger partial charge in [0, 0.05) is 23.2 Å². The van der Waals surface area contributed by atoms with Gasteiger partial charge in [-0.2, -0.15) is 0 Å². The van der Waals surface area contributed by atoms with Gasteiger partial charge in [-0.25, -0.2) is 17.4 Å². The number of aromatic nitrogens is 2. The molecule has 0 radical (unpaired) electrons. The summed E-state index contributed by atoms with van der Waals surface area (Å²) in [6.07, 6.45) is 12.3. The molecular weight excluding hydrogens is 560 g/mol. The van der Waals surface area contributed by atoms with E-state index in [-0.39, 0.29) is 17.9 Å². The van der Waals surface area contributed by atoms with Crippen molar-refractivity contribution in [3.8, 4) is 11.3 Å². The summed E-state index contributed by atoms with van der Waals surface area (Å²) < 4.78 is 25.4. The van der Waals surface area contributed by atoms with Crippen molar-refractivity contribution >= 4 is 44.1 Å². The molecule has 0 aliphatic heterocycles. The topological polar surface area (TPSA) is 110 Å². The molecule has 0 saturated heterocycles. The first-order valence-electron chi connectivity index (χ1n) is 13.9. The minimum absolute atomic E-state index is 0.152. The molecule has 9 heteroatoms. The first-order valence-corrected chi connectivity index (χ1v) is 15.8. The van der Waals surface area contributed by atoms with Crippen molar-refractivity contribution in [1.82, 2.24) is 14.3 Å². The predicted molar refractivity (Wildman–Crippen MR) is 170 cm³/mol. The molecular formula is C34H32N4O4S. The Labute approximate surface area is 251 Å². The van der Waals surface area contributed by atoms with Crippen LogP contribution in [0.2, 0.25) is 0 Å². The summed E-state index contributed by atoms with van der Waals surface area (Å²) in [7, 11) is -3.63. The average molecular weight is 593 g/mol. The van der Waals surface area contributed by atoms with Crippen LogP contribution in [-0.2, 0) is 14.8 Å². The number of hydrogen-bond donors (Lipinski definition) is 2. The third-order valence-corrected chi connectivity index (χ3v) is 8.11. The lowest BCUT2D eigenvalue weighted by Gasteiger charge is -2.09. The molecule has 0 saturated carbocycles. The van der Waals surface area contributed by atoms with Crippen LogP contribution in [0.4, 0.5) is 5.82 Å². The Hall–Kier alpha value is -4.94. The fourth-order valence-electron chi connectivity index (χ4n) is 5.02. The van der Waals surface area contributed by atoms with Gasteiger partial charge in [0.25, 0.3) is 5.91 Å². The molecule has 8 nitrogen and oxygen atoms in total. The van der Waals surface area contributed by atoms with Gasteiger partial charge in [-0.3, -0.25) is 9.59 Å². The summed E-state index contributed by atoms with van der Waals surface area (Å²) in [5.41, 5.74) is 6.77. The lowest BCUT2D eigenvalue weighted by atomic mass is 9.98. The molecule has 43 heavy (non-hydrogen) atoms. The number of fused-ring (bicyclic) bond motifs is 1. The number of allylic oxidation sites excluding steroid dienone is 6. The molecule has 1 aliphatic rings. The van der Waals surface area contributed by atoms with E-state index in [9.17, 15) is 18.0 Å². The molecule has 0 fully saturated rings. The minimum atomic E-state index is -3.63. The Kier molecular flexibility index (Phi) is 8.60. The van der Waals surface area contributed by atoms with Crippen molar-refractivity contribution in [2.24, 2.45) is 0 Å². The van der Waals surface area contributed by atoms with Gasteiger partial charge in [0.2, 0.25) is 15.9 Å². The molecule has 0 atom stereocenters. The van der Waals surface area contributed by atoms with Crippen molar-refractivity contribution in [3.63, 3.8) is 0 Å². The molecule has 2 heterocycles. The van der Waals surface area contributed by atoms with Gasteiger partial charge in [0.1, 0.15) is 0 Å². The van der Waals surface area contributed by atoms with E-state index in [1.807, 2.05) is 12.1 Å². The fraction of sp³-hybridized carbons (Fsp3) is 0.206. The van der Waals surface area contributed by atoms with Crippen LogP contribution in [0.1, 0.15) is 49.0 Å². The van der Waals surface area contributed by atoms with Gasteiger partial charge in [-0.15, -0.1) is 0 Å². The smallest absolute Gasteiger partial charge is 0.253 e. The van der Waals surface area contributed by atoms with E-state index >= 15 is 0 Å². The minimum Gasteiger partial charge on any atom is -0.343 e. The summed E-state index contributed by atoms with van der Waals surface area (Å²) in [5.74, 6) is -0.912. The van der Waals surface area contributed by atoms with Crippen LogP contribution in [0.5, 0.6) is 0 Å². The van der Waals surface area contributed by atoms with Crippen LogP contribution in [0.25, 0.3) is 27.7 Å². The van der Waals surface area contributed by atoms with Crippen LogP contribution < -0.4 is 10.6 Å². The molecule has 1 aliphatic carbocycles. The largest absolute Gasteiger partial charge is 0.343 e. The van der Waals surface area contributed by atoms with Gasteiger partial charge in [0.15, 0.2) is 5.82 Å². The van der Waals surface area contributed by atoms with Gasteiger partial charge in [-0.1, -0.05) is 71.8 Å². The van der Waals surface area contributed by atoms with E-state index in [0.717, 1.165) is 46.2 Å². The van der Waals surface area contributed by atoms with E-state index in [1.165, 1.54) is 17.3 Å². The zero-order chi connectivity index (χ0) is 30.6. The van der Waals surface area contributed by atoms with E-state index in [4.69, 9.17) is 0 Å². The third kappa shape index (κ3) is 7.11. The highest BCUT2D eigenvalue weighted by molar-refractivity contribution is 7.89. The summed E-state index contributed by atoms with van der Waals surface area (Å²) >= 11 is 0. The number of amides is 2. The third-order valence-electron chi connectivity index (χ3n) is 7.10. The molecule has 2 aromatic heterocycles. The zero-order valence-corrected chi connectivity index (χ0v) is 25.1. The highest BCUT2D eigenvalue weighted by Crippen LogP contribution is 2.27. The number of para-hydroxylation sites is 1. The maximum Gasteiger partial charge on any atom is 0.253 e.